The topological polar surface area (TPSA) is 82.4 Å². The number of fused-ring (bicyclic) bond motifs is 1. The average Bonchev–Trinajstić information content (AvgIpc) is 3.48. The molecule has 0 unspecified atom stereocenters. The summed E-state index contributed by atoms with van der Waals surface area (Å²) in [5.74, 6) is 2.18. The van der Waals surface area contributed by atoms with Gasteiger partial charge in [-0.25, -0.2) is 0 Å². The fraction of sp³-hybridized carbons (Fsp3) is 0.368. The van der Waals surface area contributed by atoms with Crippen molar-refractivity contribution in [3.63, 3.8) is 0 Å². The zero-order chi connectivity index (χ0) is 18.9. The third kappa shape index (κ3) is 3.33. The quantitative estimate of drug-likeness (QED) is 0.657. The van der Waals surface area contributed by atoms with Gasteiger partial charge in [0.15, 0.2) is 11.5 Å². The SMILES string of the molecule is O=C(Cc1ccc2c(c1)OCO2)N1CCC[C@H]1Cn1nnc(-c2cccs2)n1. The molecule has 1 amide bonds. The highest BCUT2D eigenvalue weighted by atomic mass is 32.1. The molecule has 0 N–H and O–H groups in total. The van der Waals surface area contributed by atoms with Crippen molar-refractivity contribution >= 4 is 17.2 Å². The molecule has 3 aromatic rings. The predicted octanol–water partition coefficient (Wildman–Crippen LogP) is 2.36. The van der Waals surface area contributed by atoms with E-state index in [0.29, 0.717) is 24.5 Å². The van der Waals surface area contributed by atoms with Crippen LogP contribution in [0.1, 0.15) is 18.4 Å². The Labute approximate surface area is 165 Å². The Bertz CT molecular complexity index is 987. The molecular formula is C19H19N5O3S. The molecule has 0 aliphatic carbocycles. The minimum Gasteiger partial charge on any atom is -0.454 e. The van der Waals surface area contributed by atoms with E-state index in [1.807, 2.05) is 40.6 Å². The molecule has 0 spiro atoms. The van der Waals surface area contributed by atoms with Crippen LogP contribution in [0, 0.1) is 0 Å². The summed E-state index contributed by atoms with van der Waals surface area (Å²) in [4.78, 5) is 17.4. The standard InChI is InChI=1S/C19H19N5O3S/c25-18(10-13-5-6-15-16(9-13)27-12-26-15)23-7-1-3-14(23)11-24-21-19(20-22-24)17-4-2-8-28-17/h2,4-6,8-9,14H,1,3,7,10-12H2/t14-/m0/s1. The summed E-state index contributed by atoms with van der Waals surface area (Å²) in [7, 11) is 0. The van der Waals surface area contributed by atoms with Gasteiger partial charge in [-0.3, -0.25) is 4.79 Å². The monoisotopic (exact) mass is 397 g/mol. The summed E-state index contributed by atoms with van der Waals surface area (Å²) in [5.41, 5.74) is 0.929. The fourth-order valence-corrected chi connectivity index (χ4v) is 4.34. The third-order valence-corrected chi connectivity index (χ3v) is 5.92. The van der Waals surface area contributed by atoms with Crippen molar-refractivity contribution in [3.8, 4) is 22.2 Å². The number of rotatable bonds is 5. The Morgan fingerprint density at radius 2 is 2.18 bits per heavy atom. The van der Waals surface area contributed by atoms with Crippen LogP contribution in [0.5, 0.6) is 11.5 Å². The lowest BCUT2D eigenvalue weighted by molar-refractivity contribution is -0.131. The van der Waals surface area contributed by atoms with E-state index in [-0.39, 0.29) is 18.7 Å². The number of carbonyl (C=O) groups is 1. The summed E-state index contributed by atoms with van der Waals surface area (Å²) in [6.45, 7) is 1.56. The number of likely N-dealkylation sites (tertiary alicyclic amines) is 1. The highest BCUT2D eigenvalue weighted by Crippen LogP contribution is 2.33. The molecule has 0 bridgehead atoms. The second-order valence-corrected chi connectivity index (χ2v) is 7.84. The van der Waals surface area contributed by atoms with Gasteiger partial charge in [0.05, 0.1) is 23.9 Å². The molecule has 1 aromatic carbocycles. The summed E-state index contributed by atoms with van der Waals surface area (Å²) in [5, 5.41) is 14.8. The molecular weight excluding hydrogens is 378 g/mol. The van der Waals surface area contributed by atoms with Gasteiger partial charge in [0, 0.05) is 6.54 Å². The van der Waals surface area contributed by atoms with Crippen molar-refractivity contribution in [3.05, 3.63) is 41.3 Å². The van der Waals surface area contributed by atoms with Crippen LogP contribution < -0.4 is 9.47 Å². The van der Waals surface area contributed by atoms with Gasteiger partial charge in [0.1, 0.15) is 0 Å². The number of nitrogens with zero attached hydrogens (tertiary/aromatic N) is 5. The van der Waals surface area contributed by atoms with E-state index < -0.39 is 0 Å². The third-order valence-electron chi connectivity index (χ3n) is 5.06. The van der Waals surface area contributed by atoms with Gasteiger partial charge in [-0.1, -0.05) is 12.1 Å². The van der Waals surface area contributed by atoms with E-state index in [2.05, 4.69) is 15.4 Å². The maximum Gasteiger partial charge on any atom is 0.231 e. The minimum absolute atomic E-state index is 0.0897. The molecule has 2 aliphatic heterocycles. The molecule has 1 atom stereocenters. The van der Waals surface area contributed by atoms with E-state index in [4.69, 9.17) is 9.47 Å². The van der Waals surface area contributed by atoms with Gasteiger partial charge in [0.25, 0.3) is 0 Å². The van der Waals surface area contributed by atoms with Crippen LogP contribution in [0.4, 0.5) is 0 Å². The average molecular weight is 397 g/mol. The number of benzene rings is 1. The molecule has 5 rings (SSSR count). The first-order chi connectivity index (χ1) is 13.8. The lowest BCUT2D eigenvalue weighted by Crippen LogP contribution is -2.39. The highest BCUT2D eigenvalue weighted by Gasteiger charge is 2.30. The molecule has 144 valence electrons. The zero-order valence-corrected chi connectivity index (χ0v) is 16.0. The van der Waals surface area contributed by atoms with Crippen LogP contribution in [0.15, 0.2) is 35.7 Å². The molecule has 28 heavy (non-hydrogen) atoms. The second-order valence-electron chi connectivity index (χ2n) is 6.89. The Morgan fingerprint density at radius 3 is 3.07 bits per heavy atom. The van der Waals surface area contributed by atoms with Crippen molar-refractivity contribution in [2.24, 2.45) is 0 Å². The van der Waals surface area contributed by atoms with Crippen LogP contribution in [0.3, 0.4) is 0 Å². The Morgan fingerprint density at radius 1 is 1.25 bits per heavy atom. The number of hydrogen-bond donors (Lipinski definition) is 0. The van der Waals surface area contributed by atoms with E-state index >= 15 is 0 Å². The zero-order valence-electron chi connectivity index (χ0n) is 15.2. The maximum atomic E-state index is 12.9. The van der Waals surface area contributed by atoms with Gasteiger partial charge in [0.2, 0.25) is 18.5 Å². The lowest BCUT2D eigenvalue weighted by Gasteiger charge is -2.24. The number of hydrogen-bond acceptors (Lipinski definition) is 7. The molecule has 0 radical (unpaired) electrons. The Hall–Kier alpha value is -2.94. The molecule has 1 saturated heterocycles. The number of ether oxygens (including phenoxy) is 2. The van der Waals surface area contributed by atoms with Gasteiger partial charge >= 0.3 is 0 Å². The summed E-state index contributed by atoms with van der Waals surface area (Å²) in [6, 6.07) is 9.70. The van der Waals surface area contributed by atoms with Crippen molar-refractivity contribution in [2.45, 2.75) is 31.8 Å². The summed E-state index contributed by atoms with van der Waals surface area (Å²) >= 11 is 1.59. The predicted molar refractivity (Wildman–Crippen MR) is 102 cm³/mol. The molecule has 1 fully saturated rings. The van der Waals surface area contributed by atoms with E-state index in [9.17, 15) is 4.79 Å². The van der Waals surface area contributed by atoms with Crippen LogP contribution in [-0.2, 0) is 17.8 Å². The van der Waals surface area contributed by atoms with E-state index in [1.165, 1.54) is 0 Å². The number of tetrazole rings is 1. The van der Waals surface area contributed by atoms with E-state index in [1.54, 1.807) is 16.1 Å². The number of thiophene rings is 1. The number of amides is 1. The molecule has 8 nitrogen and oxygen atoms in total. The van der Waals surface area contributed by atoms with Crippen LogP contribution in [0.25, 0.3) is 10.7 Å². The minimum atomic E-state index is 0.0897. The van der Waals surface area contributed by atoms with Crippen molar-refractivity contribution in [2.75, 3.05) is 13.3 Å². The number of aromatic nitrogens is 4. The molecule has 9 heteroatoms. The molecule has 0 saturated carbocycles. The molecule has 2 aromatic heterocycles. The van der Waals surface area contributed by atoms with Crippen molar-refractivity contribution in [1.82, 2.24) is 25.1 Å². The van der Waals surface area contributed by atoms with Gasteiger partial charge in [-0.05, 0) is 47.2 Å². The molecule has 2 aliphatic rings. The van der Waals surface area contributed by atoms with Crippen molar-refractivity contribution < 1.29 is 14.3 Å². The fourth-order valence-electron chi connectivity index (χ4n) is 3.69. The maximum absolute atomic E-state index is 12.9. The summed E-state index contributed by atoms with van der Waals surface area (Å²) < 4.78 is 10.7. The first-order valence-electron chi connectivity index (χ1n) is 9.26. The van der Waals surface area contributed by atoms with Gasteiger partial charge in [-0.15, -0.1) is 21.5 Å². The first kappa shape index (κ1) is 17.2. The van der Waals surface area contributed by atoms with Gasteiger partial charge in [-0.2, -0.15) is 4.80 Å². The summed E-state index contributed by atoms with van der Waals surface area (Å²) in [6.07, 6.45) is 2.28. The van der Waals surface area contributed by atoms with Crippen molar-refractivity contribution in [1.29, 1.82) is 0 Å². The van der Waals surface area contributed by atoms with Crippen LogP contribution >= 0.6 is 11.3 Å². The van der Waals surface area contributed by atoms with Crippen LogP contribution in [0.2, 0.25) is 0 Å². The normalized spacial score (nSPS) is 18.0. The Balaban J connectivity index is 1.25. The lowest BCUT2D eigenvalue weighted by atomic mass is 10.1. The largest absolute Gasteiger partial charge is 0.454 e. The smallest absolute Gasteiger partial charge is 0.231 e. The molecule has 4 heterocycles. The second kappa shape index (κ2) is 7.23. The highest BCUT2D eigenvalue weighted by molar-refractivity contribution is 7.13. The van der Waals surface area contributed by atoms with Crippen LogP contribution in [-0.4, -0.2) is 50.4 Å². The van der Waals surface area contributed by atoms with Gasteiger partial charge < -0.3 is 14.4 Å². The van der Waals surface area contributed by atoms with E-state index in [0.717, 1.165) is 35.6 Å². The first-order valence-corrected chi connectivity index (χ1v) is 10.1. The Kier molecular flexibility index (Phi) is 4.44. The number of carbonyl (C=O) groups excluding carboxylic acids is 1.